The normalized spacial score (nSPS) is 23.6. The third-order valence-electron chi connectivity index (χ3n) is 3.53. The molecule has 0 unspecified atom stereocenters. The standard InChI is InChI=1S/C12H23N3OSSe.2ClH/c1-14-5-7-15(8-6-14)12(16)2-4-13-11-3-9-17-18-10-11;;/h11,13H,2-10H2,1H3;2*1H/t11-;;/m0../s1. The molecule has 2 fully saturated rings. The van der Waals surface area contributed by atoms with Crippen molar-refractivity contribution in [3.8, 4) is 0 Å². The predicted octanol–water partition coefficient (Wildman–Crippen LogP) is 1.13. The number of nitrogens with zero attached hydrogens (tertiary/aromatic N) is 2. The molecular formula is C12H25Cl2N3OSSe. The summed E-state index contributed by atoms with van der Waals surface area (Å²) < 4.78 is 0. The minimum absolute atomic E-state index is 0. The molecule has 2 heterocycles. The van der Waals surface area contributed by atoms with Gasteiger partial charge in [-0.25, -0.2) is 0 Å². The average Bonchev–Trinajstić information content (AvgIpc) is 2.40. The van der Waals surface area contributed by atoms with Gasteiger partial charge in [0.1, 0.15) is 0 Å². The van der Waals surface area contributed by atoms with E-state index < -0.39 is 0 Å². The maximum atomic E-state index is 12.0. The number of carbonyl (C=O) groups is 1. The van der Waals surface area contributed by atoms with Crippen LogP contribution in [0.1, 0.15) is 12.8 Å². The fraction of sp³-hybridized carbons (Fsp3) is 0.917. The summed E-state index contributed by atoms with van der Waals surface area (Å²) in [5.74, 6) is 1.62. The number of nitrogens with one attached hydrogen (secondary N) is 1. The number of likely N-dealkylation sites (N-methyl/N-ethyl adjacent to an activating group) is 1. The summed E-state index contributed by atoms with van der Waals surface area (Å²) in [6.07, 6.45) is 1.94. The average molecular weight is 409 g/mol. The first-order chi connectivity index (χ1) is 8.75. The summed E-state index contributed by atoms with van der Waals surface area (Å²) >= 11 is 0.761. The molecule has 0 aromatic heterocycles. The van der Waals surface area contributed by atoms with Gasteiger partial charge in [0.15, 0.2) is 0 Å². The second-order valence-electron chi connectivity index (χ2n) is 4.98. The zero-order valence-electron chi connectivity index (χ0n) is 11.9. The fourth-order valence-corrected chi connectivity index (χ4v) is 6.56. The number of hydrogen-bond acceptors (Lipinski definition) is 4. The van der Waals surface area contributed by atoms with Gasteiger partial charge >= 0.3 is 120 Å². The van der Waals surface area contributed by atoms with Crippen LogP contribution in [0, 0.1) is 0 Å². The summed E-state index contributed by atoms with van der Waals surface area (Å²) in [4.78, 5) is 16.3. The minimum atomic E-state index is 0. The largest absolute Gasteiger partial charge is 0.147 e. The third kappa shape index (κ3) is 7.21. The second-order valence-corrected chi connectivity index (χ2v) is 9.53. The predicted molar refractivity (Wildman–Crippen MR) is 92.6 cm³/mol. The smallest absolute Gasteiger partial charge is 0.147 e. The molecule has 2 aliphatic heterocycles. The third-order valence-corrected chi connectivity index (χ3v) is 8.03. The minimum Gasteiger partial charge on any atom is -0.147 e. The van der Waals surface area contributed by atoms with Crippen molar-refractivity contribution in [2.45, 2.75) is 24.2 Å². The van der Waals surface area contributed by atoms with Crippen LogP contribution in [0.5, 0.6) is 0 Å². The molecule has 0 spiro atoms. The van der Waals surface area contributed by atoms with E-state index in [1.165, 1.54) is 17.5 Å². The van der Waals surface area contributed by atoms with E-state index >= 15 is 0 Å². The van der Waals surface area contributed by atoms with E-state index in [4.69, 9.17) is 0 Å². The molecular weight excluding hydrogens is 384 g/mol. The quantitative estimate of drug-likeness (QED) is 0.707. The Kier molecular flexibility index (Phi) is 11.9. The molecule has 1 N–H and O–H groups in total. The molecule has 120 valence electrons. The first kappa shape index (κ1) is 20.8. The van der Waals surface area contributed by atoms with Crippen LogP contribution in [-0.2, 0) is 4.79 Å². The maximum Gasteiger partial charge on any atom is -0.147 e. The summed E-state index contributed by atoms with van der Waals surface area (Å²) in [6, 6.07) is 0.673. The van der Waals surface area contributed by atoms with Crippen molar-refractivity contribution in [3.63, 3.8) is 0 Å². The van der Waals surface area contributed by atoms with Gasteiger partial charge in [-0.05, 0) is 0 Å². The molecule has 2 aliphatic rings. The Labute approximate surface area is 144 Å². The first-order valence-corrected chi connectivity index (χ1v) is 10.9. The van der Waals surface area contributed by atoms with Gasteiger partial charge in [0.2, 0.25) is 0 Å². The van der Waals surface area contributed by atoms with Gasteiger partial charge in [-0.3, -0.25) is 0 Å². The zero-order chi connectivity index (χ0) is 12.8. The Morgan fingerprint density at radius 1 is 1.30 bits per heavy atom. The molecule has 0 aromatic rings. The van der Waals surface area contributed by atoms with Gasteiger partial charge < -0.3 is 0 Å². The molecule has 8 heteroatoms. The molecule has 2 saturated heterocycles. The summed E-state index contributed by atoms with van der Waals surface area (Å²) in [6.45, 7) is 4.69. The Hall–Kier alpha value is 0.839. The van der Waals surface area contributed by atoms with Gasteiger partial charge in [0.05, 0.1) is 0 Å². The Bertz CT molecular complexity index is 275. The molecule has 1 amide bonds. The Balaban J connectivity index is 0.00000180. The second kappa shape index (κ2) is 11.4. The molecule has 0 bridgehead atoms. The topological polar surface area (TPSA) is 35.6 Å². The zero-order valence-corrected chi connectivity index (χ0v) is 16.0. The van der Waals surface area contributed by atoms with Gasteiger partial charge in [-0.15, -0.1) is 24.8 Å². The van der Waals surface area contributed by atoms with E-state index in [1.54, 1.807) is 0 Å². The number of halogens is 2. The number of piperazine rings is 1. The van der Waals surface area contributed by atoms with Crippen molar-refractivity contribution >= 4 is 54.7 Å². The molecule has 0 aliphatic carbocycles. The molecule has 0 aromatic carbocycles. The van der Waals surface area contributed by atoms with E-state index in [-0.39, 0.29) is 24.8 Å². The van der Waals surface area contributed by atoms with Crippen LogP contribution in [0.25, 0.3) is 0 Å². The van der Waals surface area contributed by atoms with Crippen molar-refractivity contribution in [1.29, 1.82) is 0 Å². The number of carbonyl (C=O) groups excluding carboxylic acids is 1. The van der Waals surface area contributed by atoms with Gasteiger partial charge in [0.25, 0.3) is 0 Å². The molecule has 4 nitrogen and oxygen atoms in total. The molecule has 0 saturated carbocycles. The van der Waals surface area contributed by atoms with Crippen LogP contribution in [0.15, 0.2) is 0 Å². The Morgan fingerprint density at radius 2 is 2.00 bits per heavy atom. The SMILES string of the molecule is CN1CCN(C(=O)CCN[C@H]2CCS[Se]C2)CC1.Cl.Cl. The van der Waals surface area contributed by atoms with Crippen LogP contribution in [0.4, 0.5) is 0 Å². The van der Waals surface area contributed by atoms with Crippen LogP contribution in [0.2, 0.25) is 5.32 Å². The molecule has 0 radical (unpaired) electrons. The van der Waals surface area contributed by atoms with Crippen molar-refractivity contribution in [3.05, 3.63) is 0 Å². The maximum absolute atomic E-state index is 12.0. The van der Waals surface area contributed by atoms with Gasteiger partial charge in [0, 0.05) is 0 Å². The summed E-state index contributed by atoms with van der Waals surface area (Å²) in [7, 11) is 4.22. The fourth-order valence-electron chi connectivity index (χ4n) is 2.22. The van der Waals surface area contributed by atoms with Crippen LogP contribution in [0.3, 0.4) is 0 Å². The van der Waals surface area contributed by atoms with E-state index in [9.17, 15) is 4.79 Å². The van der Waals surface area contributed by atoms with Crippen molar-refractivity contribution < 1.29 is 4.79 Å². The number of rotatable bonds is 4. The number of hydrogen-bond donors (Lipinski definition) is 1. The summed E-state index contributed by atoms with van der Waals surface area (Å²) in [5.41, 5.74) is 0. The molecule has 20 heavy (non-hydrogen) atoms. The van der Waals surface area contributed by atoms with Crippen LogP contribution in [-0.4, -0.2) is 81.1 Å². The monoisotopic (exact) mass is 409 g/mol. The van der Waals surface area contributed by atoms with Crippen molar-refractivity contribution in [2.24, 2.45) is 0 Å². The molecule has 1 atom stereocenters. The van der Waals surface area contributed by atoms with E-state index in [2.05, 4.69) is 27.4 Å². The van der Waals surface area contributed by atoms with Gasteiger partial charge in [-0.1, -0.05) is 0 Å². The first-order valence-electron chi connectivity index (χ1n) is 6.70. The Morgan fingerprint density at radius 3 is 2.60 bits per heavy atom. The van der Waals surface area contributed by atoms with Crippen molar-refractivity contribution in [2.75, 3.05) is 45.5 Å². The van der Waals surface area contributed by atoms with E-state index in [1.807, 2.05) is 4.90 Å². The van der Waals surface area contributed by atoms with E-state index in [0.717, 1.165) is 46.6 Å². The van der Waals surface area contributed by atoms with Gasteiger partial charge in [-0.2, -0.15) is 0 Å². The van der Waals surface area contributed by atoms with Crippen LogP contribution >= 0.6 is 35.0 Å². The molecule has 2 rings (SSSR count). The van der Waals surface area contributed by atoms with Crippen molar-refractivity contribution in [1.82, 2.24) is 15.1 Å². The van der Waals surface area contributed by atoms with Crippen LogP contribution < -0.4 is 5.32 Å². The number of amides is 1. The van der Waals surface area contributed by atoms with E-state index in [0.29, 0.717) is 18.4 Å². The summed E-state index contributed by atoms with van der Waals surface area (Å²) in [5, 5.41) is 4.86.